The highest BCUT2D eigenvalue weighted by Crippen LogP contribution is 2.27. The average Bonchev–Trinajstić information content (AvgIpc) is 3.20. The van der Waals surface area contributed by atoms with Gasteiger partial charge in [-0.25, -0.2) is 0 Å². The maximum atomic E-state index is 12.1. The zero-order chi connectivity index (χ0) is 29.9. The first-order valence-corrected chi connectivity index (χ1v) is 13.6. The molecule has 8 heteroatoms. The summed E-state index contributed by atoms with van der Waals surface area (Å²) in [7, 11) is 1.90. The van der Waals surface area contributed by atoms with Crippen molar-refractivity contribution in [2.45, 2.75) is 45.1 Å². The molecule has 5 rings (SSSR count). The van der Waals surface area contributed by atoms with Gasteiger partial charge in [0.2, 0.25) is 11.8 Å². The van der Waals surface area contributed by atoms with Crippen LogP contribution in [-0.4, -0.2) is 46.7 Å². The highest BCUT2D eigenvalue weighted by Gasteiger charge is 2.44. The van der Waals surface area contributed by atoms with Gasteiger partial charge in [-0.1, -0.05) is 87.9 Å². The van der Waals surface area contributed by atoms with Gasteiger partial charge >= 0.3 is 0 Å². The van der Waals surface area contributed by atoms with E-state index >= 15 is 0 Å². The van der Waals surface area contributed by atoms with E-state index in [-0.39, 0.29) is 24.0 Å². The number of nitrogens with zero attached hydrogens (tertiary/aromatic N) is 1. The Morgan fingerprint density at radius 1 is 0.854 bits per heavy atom. The lowest BCUT2D eigenvalue weighted by Crippen LogP contribution is -2.54. The number of hydrogen-bond donors (Lipinski definition) is 3. The first kappa shape index (κ1) is 30.8. The minimum absolute atomic E-state index is 0.0975. The number of benzene rings is 2. The molecule has 0 bridgehead atoms. The molecule has 0 spiro atoms. The zero-order valence-corrected chi connectivity index (χ0v) is 23.6. The van der Waals surface area contributed by atoms with Gasteiger partial charge in [0.05, 0.1) is 11.1 Å². The third kappa shape index (κ3) is 8.14. The van der Waals surface area contributed by atoms with Crippen molar-refractivity contribution in [3.05, 3.63) is 96.1 Å². The Balaban J connectivity index is 0.000000193. The normalized spacial score (nSPS) is 18.6. The molecule has 2 fully saturated rings. The van der Waals surface area contributed by atoms with E-state index in [1.807, 2.05) is 43.5 Å². The van der Waals surface area contributed by atoms with Crippen molar-refractivity contribution in [3.63, 3.8) is 0 Å². The van der Waals surface area contributed by atoms with Crippen molar-refractivity contribution in [2.24, 2.45) is 5.92 Å². The van der Waals surface area contributed by atoms with E-state index in [0.29, 0.717) is 5.75 Å². The van der Waals surface area contributed by atoms with E-state index in [0.717, 1.165) is 27.6 Å². The van der Waals surface area contributed by atoms with Crippen LogP contribution < -0.4 is 10.6 Å². The van der Waals surface area contributed by atoms with Gasteiger partial charge in [-0.2, -0.15) is 0 Å². The number of piperidine rings is 1. The Kier molecular flexibility index (Phi) is 11.0. The number of imide groups is 2. The van der Waals surface area contributed by atoms with Crippen LogP contribution in [0.1, 0.15) is 50.2 Å². The number of phenolic OH excluding ortho intramolecular Hbond substituents is 1. The monoisotopic (exact) mass is 555 g/mol. The molecule has 2 aromatic carbocycles. The molecule has 1 saturated heterocycles. The Bertz CT molecular complexity index is 1320. The van der Waals surface area contributed by atoms with Gasteiger partial charge in [0.25, 0.3) is 11.8 Å². The highest BCUT2D eigenvalue weighted by molar-refractivity contribution is 6.23. The molecule has 1 unspecified atom stereocenters. The lowest BCUT2D eigenvalue weighted by molar-refractivity contribution is -0.149. The van der Waals surface area contributed by atoms with Crippen LogP contribution in [0.15, 0.2) is 85.0 Å². The maximum absolute atomic E-state index is 12.1. The number of phenols is 1. The fourth-order valence-corrected chi connectivity index (χ4v) is 4.34. The summed E-state index contributed by atoms with van der Waals surface area (Å²) in [6, 6.07) is 14.4. The molecule has 3 N–H and O–H groups in total. The van der Waals surface area contributed by atoms with Crippen molar-refractivity contribution in [1.29, 1.82) is 0 Å². The molecule has 0 aromatic heterocycles. The minimum Gasteiger partial charge on any atom is -0.508 e. The summed E-state index contributed by atoms with van der Waals surface area (Å²) in [5.41, 5.74) is 3.58. The SMILES string of the molecule is C=CC1=C(C=C)C(=O)N(C2CCC(=O)NC2=O)C1=O.CC1CCC1.CNc1ccc(/C=C/c2ccc(O)cc2)cc1. The van der Waals surface area contributed by atoms with E-state index in [9.17, 15) is 19.2 Å². The predicted molar refractivity (Wildman–Crippen MR) is 161 cm³/mol. The van der Waals surface area contributed by atoms with Crippen molar-refractivity contribution in [1.82, 2.24) is 10.2 Å². The van der Waals surface area contributed by atoms with E-state index in [1.54, 1.807) is 12.1 Å². The van der Waals surface area contributed by atoms with E-state index in [1.165, 1.54) is 31.4 Å². The topological polar surface area (TPSA) is 116 Å². The summed E-state index contributed by atoms with van der Waals surface area (Å²) >= 11 is 0. The van der Waals surface area contributed by atoms with Crippen LogP contribution in [0.25, 0.3) is 12.2 Å². The standard InChI is InChI=1S/C15H15NO.C13H12N2O4.C5H10/c1-16-14-8-4-12(5-9-14)2-3-13-6-10-15(17)11-7-13;1-3-7-8(4-2)13(19)15(12(7)18)9-5-6-10(16)14-11(9)17;1-5-3-2-4-5/h2-11,16-17H,1H3;3-4,9H,1-2,5-6H2,(H,14,16,17);5H,2-4H2,1H3/b3-2+;;. The Labute approximate surface area is 241 Å². The first-order valence-electron chi connectivity index (χ1n) is 13.6. The number of rotatable bonds is 6. The van der Waals surface area contributed by atoms with E-state index < -0.39 is 29.7 Å². The van der Waals surface area contributed by atoms with Crippen LogP contribution in [0.3, 0.4) is 0 Å². The number of aromatic hydroxyl groups is 1. The van der Waals surface area contributed by atoms with Crippen LogP contribution >= 0.6 is 0 Å². The van der Waals surface area contributed by atoms with Crippen molar-refractivity contribution >= 4 is 41.5 Å². The average molecular weight is 556 g/mol. The van der Waals surface area contributed by atoms with Gasteiger partial charge in [-0.15, -0.1) is 0 Å². The van der Waals surface area contributed by atoms with Crippen molar-refractivity contribution < 1.29 is 24.3 Å². The van der Waals surface area contributed by atoms with Gasteiger partial charge < -0.3 is 10.4 Å². The fourth-order valence-electron chi connectivity index (χ4n) is 4.34. The molecule has 4 amide bonds. The Hall–Kier alpha value is -4.72. The molecular formula is C33H37N3O5. The second kappa shape index (κ2) is 14.6. The molecule has 1 atom stereocenters. The number of nitrogens with one attached hydrogen (secondary N) is 2. The van der Waals surface area contributed by atoms with Gasteiger partial charge in [-0.3, -0.25) is 29.4 Å². The molecule has 214 valence electrons. The Morgan fingerprint density at radius 2 is 1.34 bits per heavy atom. The maximum Gasteiger partial charge on any atom is 0.262 e. The Morgan fingerprint density at radius 3 is 1.73 bits per heavy atom. The number of carbonyl (C=O) groups is 4. The van der Waals surface area contributed by atoms with Crippen LogP contribution in [0.4, 0.5) is 5.69 Å². The van der Waals surface area contributed by atoms with Crippen molar-refractivity contribution in [2.75, 3.05) is 12.4 Å². The minimum atomic E-state index is -0.954. The molecule has 8 nitrogen and oxygen atoms in total. The third-order valence-corrected chi connectivity index (χ3v) is 7.07. The largest absolute Gasteiger partial charge is 0.508 e. The van der Waals surface area contributed by atoms with Crippen LogP contribution in [0.2, 0.25) is 0 Å². The quantitative estimate of drug-likeness (QED) is 0.332. The van der Waals surface area contributed by atoms with E-state index in [4.69, 9.17) is 5.11 Å². The molecule has 2 aromatic rings. The van der Waals surface area contributed by atoms with Crippen LogP contribution in [0, 0.1) is 5.92 Å². The first-order chi connectivity index (χ1) is 19.7. The smallest absolute Gasteiger partial charge is 0.262 e. The molecule has 2 heterocycles. The van der Waals surface area contributed by atoms with E-state index in [2.05, 4.69) is 42.8 Å². The van der Waals surface area contributed by atoms with Gasteiger partial charge in [0.1, 0.15) is 11.8 Å². The highest BCUT2D eigenvalue weighted by atomic mass is 16.3. The second-order valence-corrected chi connectivity index (χ2v) is 10.0. The predicted octanol–water partition coefficient (Wildman–Crippen LogP) is 5.24. The molecule has 2 aliphatic heterocycles. The lowest BCUT2D eigenvalue weighted by atomic mass is 9.88. The summed E-state index contributed by atoms with van der Waals surface area (Å²) in [4.78, 5) is 47.9. The molecule has 1 aliphatic carbocycles. The summed E-state index contributed by atoms with van der Waals surface area (Å²) < 4.78 is 0. The molecule has 3 aliphatic rings. The van der Waals surface area contributed by atoms with Gasteiger partial charge in [-0.05, 0) is 47.7 Å². The van der Waals surface area contributed by atoms with Crippen LogP contribution in [0.5, 0.6) is 5.75 Å². The number of amides is 4. The third-order valence-electron chi connectivity index (χ3n) is 7.07. The summed E-state index contributed by atoms with van der Waals surface area (Å²) in [6.07, 6.45) is 11.3. The van der Waals surface area contributed by atoms with Gasteiger partial charge in [0.15, 0.2) is 0 Å². The molecular weight excluding hydrogens is 518 g/mol. The number of hydrogen-bond acceptors (Lipinski definition) is 6. The zero-order valence-electron chi connectivity index (χ0n) is 23.6. The fraction of sp³-hybridized carbons (Fsp3) is 0.273. The molecule has 0 radical (unpaired) electrons. The molecule has 41 heavy (non-hydrogen) atoms. The lowest BCUT2D eigenvalue weighted by Gasteiger charge is -2.28. The number of anilines is 1. The van der Waals surface area contributed by atoms with Crippen LogP contribution in [-0.2, 0) is 19.2 Å². The summed E-state index contributed by atoms with van der Waals surface area (Å²) in [6.45, 7) is 9.26. The number of carbonyl (C=O) groups excluding carboxylic acids is 4. The van der Waals surface area contributed by atoms with Gasteiger partial charge in [0, 0.05) is 19.2 Å². The second-order valence-electron chi connectivity index (χ2n) is 10.0. The van der Waals surface area contributed by atoms with Crippen molar-refractivity contribution in [3.8, 4) is 5.75 Å². The molecule has 1 saturated carbocycles. The summed E-state index contributed by atoms with van der Waals surface area (Å²) in [5.74, 6) is -0.836. The summed E-state index contributed by atoms with van der Waals surface area (Å²) in [5, 5.41) is 14.4.